The first kappa shape index (κ1) is 13.4. The molecule has 0 amide bonds. The van der Waals surface area contributed by atoms with Gasteiger partial charge in [-0.25, -0.2) is 9.78 Å². The minimum Gasteiger partial charge on any atom is -0.465 e. The number of ether oxygens (including phenoxy) is 1. The second-order valence-corrected chi connectivity index (χ2v) is 3.66. The maximum atomic E-state index is 11.4. The predicted octanol–water partition coefficient (Wildman–Crippen LogP) is 0.962. The molecule has 1 rings (SSSR count). The average Bonchev–Trinajstić information content (AvgIpc) is 2.35. The molecule has 0 fully saturated rings. The van der Waals surface area contributed by atoms with E-state index in [1.54, 1.807) is 13.0 Å². The summed E-state index contributed by atoms with van der Waals surface area (Å²) in [6.07, 6.45) is 0. The standard InChI is InChI=1S/C12H19N3O2/c1-4-15(8-7-13)11-6-5-10(9(2)14-11)12(16)17-3/h5-6H,4,7-8,13H2,1-3H3. The molecular weight excluding hydrogens is 218 g/mol. The van der Waals surface area contributed by atoms with Gasteiger partial charge in [0.05, 0.1) is 18.4 Å². The van der Waals surface area contributed by atoms with Crippen molar-refractivity contribution in [2.75, 3.05) is 31.6 Å². The number of carbonyl (C=O) groups is 1. The highest BCUT2D eigenvalue weighted by molar-refractivity contribution is 5.90. The predicted molar refractivity (Wildman–Crippen MR) is 67.3 cm³/mol. The molecule has 1 aromatic heterocycles. The minimum atomic E-state index is -0.358. The van der Waals surface area contributed by atoms with Crippen LogP contribution < -0.4 is 10.6 Å². The smallest absolute Gasteiger partial charge is 0.339 e. The Hall–Kier alpha value is -1.62. The SMILES string of the molecule is CCN(CCN)c1ccc(C(=O)OC)c(C)n1. The molecule has 5 heteroatoms. The lowest BCUT2D eigenvalue weighted by Crippen LogP contribution is -2.30. The molecule has 0 spiro atoms. The number of pyridine rings is 1. The summed E-state index contributed by atoms with van der Waals surface area (Å²) in [5, 5.41) is 0. The van der Waals surface area contributed by atoms with Gasteiger partial charge in [0.25, 0.3) is 0 Å². The van der Waals surface area contributed by atoms with E-state index in [1.165, 1.54) is 7.11 Å². The Morgan fingerprint density at radius 2 is 2.24 bits per heavy atom. The Balaban J connectivity index is 2.98. The van der Waals surface area contributed by atoms with Crippen LogP contribution in [0, 0.1) is 6.92 Å². The number of nitrogens with two attached hydrogens (primary N) is 1. The molecule has 17 heavy (non-hydrogen) atoms. The fourth-order valence-corrected chi connectivity index (χ4v) is 1.64. The number of anilines is 1. The average molecular weight is 237 g/mol. The van der Waals surface area contributed by atoms with Crippen LogP contribution in [0.15, 0.2) is 12.1 Å². The van der Waals surface area contributed by atoms with Gasteiger partial charge in [-0.05, 0) is 26.0 Å². The van der Waals surface area contributed by atoms with Crippen molar-refractivity contribution in [3.05, 3.63) is 23.4 Å². The van der Waals surface area contributed by atoms with E-state index >= 15 is 0 Å². The van der Waals surface area contributed by atoms with Crippen LogP contribution in [0.3, 0.4) is 0 Å². The zero-order valence-corrected chi connectivity index (χ0v) is 10.6. The van der Waals surface area contributed by atoms with E-state index < -0.39 is 0 Å². The third kappa shape index (κ3) is 3.17. The molecule has 0 aromatic carbocycles. The van der Waals surface area contributed by atoms with Crippen molar-refractivity contribution >= 4 is 11.8 Å². The first-order chi connectivity index (χ1) is 8.13. The van der Waals surface area contributed by atoms with Crippen molar-refractivity contribution in [1.82, 2.24) is 4.98 Å². The highest BCUT2D eigenvalue weighted by Crippen LogP contribution is 2.15. The number of aryl methyl sites for hydroxylation is 1. The first-order valence-electron chi connectivity index (χ1n) is 5.65. The number of carbonyl (C=O) groups excluding carboxylic acids is 1. The summed E-state index contributed by atoms with van der Waals surface area (Å²) >= 11 is 0. The van der Waals surface area contributed by atoms with Crippen LogP contribution in [0.2, 0.25) is 0 Å². The van der Waals surface area contributed by atoms with Gasteiger partial charge in [-0.3, -0.25) is 0 Å². The lowest BCUT2D eigenvalue weighted by molar-refractivity contribution is 0.0599. The van der Waals surface area contributed by atoms with Gasteiger partial charge in [-0.15, -0.1) is 0 Å². The Morgan fingerprint density at radius 3 is 2.71 bits per heavy atom. The Morgan fingerprint density at radius 1 is 1.53 bits per heavy atom. The number of hydrogen-bond acceptors (Lipinski definition) is 5. The third-order valence-corrected chi connectivity index (χ3v) is 2.58. The van der Waals surface area contributed by atoms with Crippen LogP contribution in [-0.4, -0.2) is 37.7 Å². The van der Waals surface area contributed by atoms with Crippen LogP contribution in [-0.2, 0) is 4.74 Å². The maximum Gasteiger partial charge on any atom is 0.339 e. The van der Waals surface area contributed by atoms with Crippen LogP contribution in [0.25, 0.3) is 0 Å². The van der Waals surface area contributed by atoms with E-state index in [0.717, 1.165) is 18.9 Å². The number of esters is 1. The van der Waals surface area contributed by atoms with Crippen LogP contribution >= 0.6 is 0 Å². The van der Waals surface area contributed by atoms with Gasteiger partial charge < -0.3 is 15.4 Å². The van der Waals surface area contributed by atoms with Gasteiger partial charge in [0.1, 0.15) is 5.82 Å². The van der Waals surface area contributed by atoms with Gasteiger partial charge >= 0.3 is 5.97 Å². The molecule has 1 aromatic rings. The molecule has 0 aliphatic carbocycles. The van der Waals surface area contributed by atoms with Gasteiger partial charge in [0, 0.05) is 19.6 Å². The van der Waals surface area contributed by atoms with Crippen LogP contribution in [0.1, 0.15) is 23.0 Å². The van der Waals surface area contributed by atoms with Crippen molar-refractivity contribution in [3.8, 4) is 0 Å². The van der Waals surface area contributed by atoms with Gasteiger partial charge in [0.2, 0.25) is 0 Å². The van der Waals surface area contributed by atoms with E-state index in [-0.39, 0.29) is 5.97 Å². The third-order valence-electron chi connectivity index (χ3n) is 2.58. The molecule has 2 N–H and O–H groups in total. The van der Waals surface area contributed by atoms with E-state index in [4.69, 9.17) is 5.73 Å². The second-order valence-electron chi connectivity index (χ2n) is 3.66. The molecule has 0 bridgehead atoms. The molecule has 5 nitrogen and oxygen atoms in total. The Labute approximate surface area is 102 Å². The monoisotopic (exact) mass is 237 g/mol. The minimum absolute atomic E-state index is 0.358. The zero-order chi connectivity index (χ0) is 12.8. The van der Waals surface area contributed by atoms with E-state index in [2.05, 4.69) is 14.6 Å². The summed E-state index contributed by atoms with van der Waals surface area (Å²) < 4.78 is 4.68. The van der Waals surface area contributed by atoms with Gasteiger partial charge in [-0.1, -0.05) is 0 Å². The molecule has 0 saturated heterocycles. The number of aromatic nitrogens is 1. The summed E-state index contributed by atoms with van der Waals surface area (Å²) in [6.45, 7) is 6.00. The molecule has 0 radical (unpaired) electrons. The number of hydrogen-bond donors (Lipinski definition) is 1. The van der Waals surface area contributed by atoms with Crippen molar-refractivity contribution in [2.45, 2.75) is 13.8 Å². The molecule has 94 valence electrons. The second kappa shape index (κ2) is 6.20. The highest BCUT2D eigenvalue weighted by Gasteiger charge is 2.12. The van der Waals surface area contributed by atoms with Crippen molar-refractivity contribution in [2.24, 2.45) is 5.73 Å². The fraction of sp³-hybridized carbons (Fsp3) is 0.500. The number of nitrogens with zero attached hydrogens (tertiary/aromatic N) is 2. The maximum absolute atomic E-state index is 11.4. The summed E-state index contributed by atoms with van der Waals surface area (Å²) in [4.78, 5) is 17.9. The van der Waals surface area contributed by atoms with Crippen molar-refractivity contribution < 1.29 is 9.53 Å². The first-order valence-corrected chi connectivity index (χ1v) is 5.65. The largest absolute Gasteiger partial charge is 0.465 e. The fourth-order valence-electron chi connectivity index (χ4n) is 1.64. The van der Waals surface area contributed by atoms with Gasteiger partial charge in [0.15, 0.2) is 0 Å². The van der Waals surface area contributed by atoms with E-state index in [0.29, 0.717) is 17.8 Å². The van der Waals surface area contributed by atoms with E-state index in [1.807, 2.05) is 13.0 Å². The zero-order valence-electron chi connectivity index (χ0n) is 10.6. The molecule has 0 unspecified atom stereocenters. The van der Waals surface area contributed by atoms with Crippen molar-refractivity contribution in [3.63, 3.8) is 0 Å². The molecule has 0 saturated carbocycles. The Bertz CT molecular complexity index is 393. The van der Waals surface area contributed by atoms with E-state index in [9.17, 15) is 4.79 Å². The topological polar surface area (TPSA) is 68.5 Å². The molecule has 0 aliphatic rings. The molecule has 1 heterocycles. The van der Waals surface area contributed by atoms with Crippen molar-refractivity contribution in [1.29, 1.82) is 0 Å². The summed E-state index contributed by atoms with van der Waals surface area (Å²) in [7, 11) is 1.36. The number of methoxy groups -OCH3 is 1. The summed E-state index contributed by atoms with van der Waals surface area (Å²) in [5.74, 6) is 0.478. The lowest BCUT2D eigenvalue weighted by atomic mass is 10.2. The number of rotatable bonds is 5. The Kier molecular flexibility index (Phi) is 4.90. The highest BCUT2D eigenvalue weighted by atomic mass is 16.5. The molecule has 0 aliphatic heterocycles. The van der Waals surface area contributed by atoms with Crippen LogP contribution in [0.4, 0.5) is 5.82 Å². The lowest BCUT2D eigenvalue weighted by Gasteiger charge is -2.21. The van der Waals surface area contributed by atoms with Crippen LogP contribution in [0.5, 0.6) is 0 Å². The summed E-state index contributed by atoms with van der Waals surface area (Å²) in [6, 6.07) is 3.56. The molecular formula is C12H19N3O2. The molecule has 0 atom stereocenters. The normalized spacial score (nSPS) is 10.1. The van der Waals surface area contributed by atoms with Gasteiger partial charge in [-0.2, -0.15) is 0 Å². The quantitative estimate of drug-likeness (QED) is 0.773. The number of likely N-dealkylation sites (N-methyl/N-ethyl adjacent to an activating group) is 1. The summed E-state index contributed by atoms with van der Waals surface area (Å²) in [5.41, 5.74) is 6.71.